The lowest BCUT2D eigenvalue weighted by Crippen LogP contribution is -2.40. The van der Waals surface area contributed by atoms with Gasteiger partial charge in [-0.1, -0.05) is 54.6 Å². The van der Waals surface area contributed by atoms with Gasteiger partial charge in [-0.3, -0.25) is 9.69 Å². The molecular weight excluding hydrogens is 493 g/mol. The predicted molar refractivity (Wildman–Crippen MR) is 150 cm³/mol. The van der Waals surface area contributed by atoms with Gasteiger partial charge in [-0.15, -0.1) is 0 Å². The van der Waals surface area contributed by atoms with Crippen molar-refractivity contribution in [2.24, 2.45) is 0 Å². The third-order valence-corrected chi connectivity index (χ3v) is 7.91. The Bertz CT molecular complexity index is 1340. The largest absolute Gasteiger partial charge is 0.496 e. The molecule has 0 N–H and O–H groups in total. The first kappa shape index (κ1) is 26.9. The Morgan fingerprint density at radius 2 is 1.82 bits per heavy atom. The van der Waals surface area contributed by atoms with Crippen LogP contribution in [0.2, 0.25) is 0 Å². The topological polar surface area (TPSA) is 48.0 Å². The quantitative estimate of drug-likeness (QED) is 0.282. The molecule has 2 aliphatic rings. The number of carbonyl (C=O) groups is 1. The lowest BCUT2D eigenvalue weighted by atomic mass is 9.74. The van der Waals surface area contributed by atoms with E-state index >= 15 is 0 Å². The van der Waals surface area contributed by atoms with Crippen molar-refractivity contribution in [3.8, 4) is 11.5 Å². The van der Waals surface area contributed by atoms with Crippen molar-refractivity contribution in [2.45, 2.75) is 51.2 Å². The van der Waals surface area contributed by atoms with Gasteiger partial charge in [0.2, 0.25) is 0 Å². The number of hydrogen-bond donors (Lipinski definition) is 0. The van der Waals surface area contributed by atoms with Gasteiger partial charge in [0.05, 0.1) is 13.7 Å². The fraction of sp³-hybridized carbons (Fsp3) is 0.364. The summed E-state index contributed by atoms with van der Waals surface area (Å²) in [7, 11) is 1.69. The summed E-state index contributed by atoms with van der Waals surface area (Å²) in [6.07, 6.45) is 7.38. The van der Waals surface area contributed by atoms with Crippen molar-refractivity contribution in [1.82, 2.24) is 4.90 Å². The molecule has 1 aliphatic carbocycles. The summed E-state index contributed by atoms with van der Waals surface area (Å²) in [5.74, 6) is 0.573. The number of allylic oxidation sites excluding steroid dienone is 1. The van der Waals surface area contributed by atoms with Crippen molar-refractivity contribution >= 4 is 12.0 Å². The number of methoxy groups -OCH3 is 1. The number of benzene rings is 3. The Kier molecular flexibility index (Phi) is 8.32. The van der Waals surface area contributed by atoms with E-state index in [-0.39, 0.29) is 23.6 Å². The molecule has 0 atom stereocenters. The van der Waals surface area contributed by atoms with Crippen molar-refractivity contribution in [3.63, 3.8) is 0 Å². The van der Waals surface area contributed by atoms with Crippen molar-refractivity contribution in [2.75, 3.05) is 26.8 Å². The number of rotatable bonds is 10. The molecule has 1 aliphatic heterocycles. The van der Waals surface area contributed by atoms with Crippen LogP contribution < -0.4 is 9.47 Å². The average molecular weight is 530 g/mol. The SMILES string of the molecule is CCOC(=O)CCc1ccc(OCc2ccc(CN3CCC4(C=Cc5ccccc54)CC3)c(OC)c2)cc1F. The van der Waals surface area contributed by atoms with Crippen molar-refractivity contribution < 1.29 is 23.4 Å². The van der Waals surface area contributed by atoms with Gasteiger partial charge in [0.15, 0.2) is 0 Å². The second-order valence-corrected chi connectivity index (χ2v) is 10.3. The number of hydrogen-bond acceptors (Lipinski definition) is 5. The van der Waals surface area contributed by atoms with E-state index in [9.17, 15) is 9.18 Å². The number of likely N-dealkylation sites (tertiary alicyclic amines) is 1. The summed E-state index contributed by atoms with van der Waals surface area (Å²) in [5, 5.41) is 0. The number of piperidine rings is 1. The van der Waals surface area contributed by atoms with Crippen LogP contribution in [-0.4, -0.2) is 37.7 Å². The van der Waals surface area contributed by atoms with E-state index in [2.05, 4.69) is 47.4 Å². The van der Waals surface area contributed by atoms with E-state index < -0.39 is 0 Å². The molecule has 0 amide bonds. The van der Waals surface area contributed by atoms with E-state index in [1.165, 1.54) is 17.2 Å². The van der Waals surface area contributed by atoms with Gasteiger partial charge >= 0.3 is 5.97 Å². The summed E-state index contributed by atoms with van der Waals surface area (Å²) >= 11 is 0. The monoisotopic (exact) mass is 529 g/mol. The molecule has 3 aromatic rings. The summed E-state index contributed by atoms with van der Waals surface area (Å²) in [4.78, 5) is 14.1. The Morgan fingerprint density at radius 3 is 2.59 bits per heavy atom. The highest BCUT2D eigenvalue weighted by Crippen LogP contribution is 2.44. The maximum absolute atomic E-state index is 14.5. The van der Waals surface area contributed by atoms with Gasteiger partial charge in [-0.25, -0.2) is 4.39 Å². The molecule has 1 spiro atoms. The van der Waals surface area contributed by atoms with Gasteiger partial charge in [-0.2, -0.15) is 0 Å². The standard InChI is InChI=1S/C33H36FNO4/c1-3-38-32(36)13-11-26-10-12-28(21-30(26)34)39-23-24-8-9-27(31(20-24)37-2)22-35-18-16-33(17-19-35)15-14-25-6-4-5-7-29(25)33/h4-10,12,14-15,20-21H,3,11,13,16-19,22-23H2,1-2H3. The first-order valence-corrected chi connectivity index (χ1v) is 13.7. The number of ether oxygens (including phenoxy) is 3. The first-order chi connectivity index (χ1) is 19.0. The van der Waals surface area contributed by atoms with Gasteiger partial charge in [-0.05, 0) is 73.7 Å². The van der Waals surface area contributed by atoms with Crippen LogP contribution in [-0.2, 0) is 34.5 Å². The fourth-order valence-corrected chi connectivity index (χ4v) is 5.69. The maximum atomic E-state index is 14.5. The minimum absolute atomic E-state index is 0.153. The Morgan fingerprint density at radius 1 is 1.03 bits per heavy atom. The van der Waals surface area contributed by atoms with Gasteiger partial charge in [0.25, 0.3) is 0 Å². The van der Waals surface area contributed by atoms with E-state index in [0.717, 1.165) is 49.4 Å². The Balaban J connectivity index is 1.15. The molecule has 39 heavy (non-hydrogen) atoms. The molecule has 0 bridgehead atoms. The van der Waals surface area contributed by atoms with Crippen LogP contribution in [0.15, 0.2) is 66.7 Å². The summed E-state index contributed by atoms with van der Waals surface area (Å²) in [5.41, 5.74) is 5.58. The molecular formula is C33H36FNO4. The normalized spacial score (nSPS) is 15.8. The molecule has 1 saturated heterocycles. The highest BCUT2D eigenvalue weighted by Gasteiger charge is 2.37. The van der Waals surface area contributed by atoms with Gasteiger partial charge in [0, 0.05) is 30.0 Å². The highest BCUT2D eigenvalue weighted by atomic mass is 19.1. The first-order valence-electron chi connectivity index (χ1n) is 13.7. The van der Waals surface area contributed by atoms with E-state index in [4.69, 9.17) is 14.2 Å². The molecule has 0 radical (unpaired) electrons. The molecule has 0 aromatic heterocycles. The van der Waals surface area contributed by atoms with Crippen LogP contribution in [0.3, 0.4) is 0 Å². The minimum atomic E-state index is -0.385. The average Bonchev–Trinajstić information content (AvgIpc) is 3.31. The Labute approximate surface area is 230 Å². The van der Waals surface area contributed by atoms with Crippen LogP contribution in [0.1, 0.15) is 54.0 Å². The lowest BCUT2D eigenvalue weighted by Gasteiger charge is -2.39. The third kappa shape index (κ3) is 6.17. The fourth-order valence-electron chi connectivity index (χ4n) is 5.69. The molecule has 0 saturated carbocycles. The number of carbonyl (C=O) groups excluding carboxylic acids is 1. The van der Waals surface area contributed by atoms with Crippen molar-refractivity contribution in [1.29, 1.82) is 0 Å². The molecule has 5 rings (SSSR count). The molecule has 1 heterocycles. The second-order valence-electron chi connectivity index (χ2n) is 10.3. The number of fused-ring (bicyclic) bond motifs is 2. The van der Waals surface area contributed by atoms with Crippen molar-refractivity contribution in [3.05, 3.63) is 100 Å². The van der Waals surface area contributed by atoms with Crippen LogP contribution in [0.25, 0.3) is 6.08 Å². The summed E-state index contributed by atoms with van der Waals surface area (Å²) in [6.45, 7) is 5.29. The Hall–Kier alpha value is -3.64. The van der Waals surface area contributed by atoms with Gasteiger partial charge in [0.1, 0.15) is 23.9 Å². The van der Waals surface area contributed by atoms with Crippen LogP contribution in [0.4, 0.5) is 4.39 Å². The number of nitrogens with zero attached hydrogens (tertiary/aromatic N) is 1. The lowest BCUT2D eigenvalue weighted by molar-refractivity contribution is -0.143. The molecule has 5 nitrogen and oxygen atoms in total. The zero-order valence-corrected chi connectivity index (χ0v) is 22.8. The smallest absolute Gasteiger partial charge is 0.306 e. The predicted octanol–water partition coefficient (Wildman–Crippen LogP) is 6.47. The zero-order chi connectivity index (χ0) is 27.2. The van der Waals surface area contributed by atoms with E-state index in [1.807, 2.05) is 12.1 Å². The second kappa shape index (κ2) is 12.0. The number of halogens is 1. The molecule has 0 unspecified atom stereocenters. The molecule has 3 aromatic carbocycles. The van der Waals surface area contributed by atoms with E-state index in [0.29, 0.717) is 30.9 Å². The van der Waals surface area contributed by atoms with Crippen LogP contribution in [0, 0.1) is 5.82 Å². The number of aryl methyl sites for hydroxylation is 1. The summed E-state index contributed by atoms with van der Waals surface area (Å²) < 4.78 is 31.0. The molecule has 204 valence electrons. The van der Waals surface area contributed by atoms with Crippen LogP contribution in [0.5, 0.6) is 11.5 Å². The summed E-state index contributed by atoms with van der Waals surface area (Å²) in [6, 6.07) is 19.7. The highest BCUT2D eigenvalue weighted by molar-refractivity contribution is 5.69. The minimum Gasteiger partial charge on any atom is -0.496 e. The van der Waals surface area contributed by atoms with Gasteiger partial charge < -0.3 is 14.2 Å². The zero-order valence-electron chi connectivity index (χ0n) is 22.8. The molecule has 6 heteroatoms. The molecule has 1 fully saturated rings. The number of esters is 1. The van der Waals surface area contributed by atoms with Crippen LogP contribution >= 0.6 is 0 Å². The third-order valence-electron chi connectivity index (χ3n) is 7.91. The van der Waals surface area contributed by atoms with E-state index in [1.54, 1.807) is 26.2 Å². The maximum Gasteiger partial charge on any atom is 0.306 e.